The molecule has 1 saturated heterocycles. The third kappa shape index (κ3) is 4.37. The Hall–Kier alpha value is -0.170. The first-order valence-electron chi connectivity index (χ1n) is 5.80. The maximum atomic E-state index is 12.0. The first-order valence-corrected chi connectivity index (χ1v) is 7.41. The largest absolute Gasteiger partial charge is 0.377 e. The molecular formula is C10H22N2O3S. The van der Waals surface area contributed by atoms with Crippen molar-refractivity contribution in [1.29, 1.82) is 0 Å². The molecule has 5 nitrogen and oxygen atoms in total. The lowest BCUT2D eigenvalue weighted by Gasteiger charge is -2.21. The van der Waals surface area contributed by atoms with E-state index in [1.807, 2.05) is 14.0 Å². The van der Waals surface area contributed by atoms with E-state index < -0.39 is 10.0 Å². The first kappa shape index (κ1) is 13.9. The maximum absolute atomic E-state index is 12.0. The van der Waals surface area contributed by atoms with Gasteiger partial charge in [-0.2, -0.15) is 4.31 Å². The van der Waals surface area contributed by atoms with Gasteiger partial charge in [-0.15, -0.1) is 0 Å². The van der Waals surface area contributed by atoms with Crippen molar-refractivity contribution < 1.29 is 13.2 Å². The summed E-state index contributed by atoms with van der Waals surface area (Å²) in [5.74, 6) is 0.223. The molecule has 1 N–H and O–H groups in total. The summed E-state index contributed by atoms with van der Waals surface area (Å²) in [5.41, 5.74) is 0. The average Bonchev–Trinajstić information content (AvgIpc) is 2.43. The zero-order valence-electron chi connectivity index (χ0n) is 10.1. The topological polar surface area (TPSA) is 58.6 Å². The molecule has 0 aromatic carbocycles. The Kier molecular flexibility index (Phi) is 5.68. The van der Waals surface area contributed by atoms with Crippen LogP contribution in [0.25, 0.3) is 0 Å². The van der Waals surface area contributed by atoms with E-state index in [1.54, 1.807) is 4.31 Å². The van der Waals surface area contributed by atoms with E-state index in [-0.39, 0.29) is 11.9 Å². The smallest absolute Gasteiger partial charge is 0.214 e. The second-order valence-corrected chi connectivity index (χ2v) is 6.25. The molecule has 1 atom stereocenters. The third-order valence-electron chi connectivity index (χ3n) is 2.64. The van der Waals surface area contributed by atoms with Gasteiger partial charge in [0.15, 0.2) is 0 Å². The highest BCUT2D eigenvalue weighted by Gasteiger charge is 2.25. The minimum atomic E-state index is -3.10. The third-order valence-corrected chi connectivity index (χ3v) is 4.56. The Balaban J connectivity index is 2.52. The van der Waals surface area contributed by atoms with Gasteiger partial charge in [-0.05, 0) is 33.4 Å². The van der Waals surface area contributed by atoms with Crippen molar-refractivity contribution in [3.05, 3.63) is 0 Å². The monoisotopic (exact) mass is 250 g/mol. The van der Waals surface area contributed by atoms with Crippen LogP contribution in [-0.4, -0.2) is 57.9 Å². The summed E-state index contributed by atoms with van der Waals surface area (Å²) in [7, 11) is -1.27. The van der Waals surface area contributed by atoms with E-state index in [0.29, 0.717) is 26.1 Å². The van der Waals surface area contributed by atoms with E-state index in [2.05, 4.69) is 5.32 Å². The van der Waals surface area contributed by atoms with Crippen molar-refractivity contribution in [1.82, 2.24) is 9.62 Å². The van der Waals surface area contributed by atoms with Crippen LogP contribution in [0.2, 0.25) is 0 Å². The molecule has 0 aromatic rings. The Morgan fingerprint density at radius 1 is 1.50 bits per heavy atom. The summed E-state index contributed by atoms with van der Waals surface area (Å²) < 4.78 is 31.0. The predicted molar refractivity (Wildman–Crippen MR) is 63.9 cm³/mol. The molecule has 0 spiro atoms. The van der Waals surface area contributed by atoms with Gasteiger partial charge in [0.2, 0.25) is 10.0 Å². The lowest BCUT2D eigenvalue weighted by molar-refractivity contribution is 0.0752. The minimum Gasteiger partial charge on any atom is -0.377 e. The van der Waals surface area contributed by atoms with Gasteiger partial charge >= 0.3 is 0 Å². The van der Waals surface area contributed by atoms with Gasteiger partial charge in [-0.1, -0.05) is 0 Å². The minimum absolute atomic E-state index is 0.00146. The molecule has 1 rings (SSSR count). The second-order valence-electron chi connectivity index (χ2n) is 4.17. The molecule has 1 fully saturated rings. The van der Waals surface area contributed by atoms with Gasteiger partial charge in [0.25, 0.3) is 0 Å². The van der Waals surface area contributed by atoms with Crippen LogP contribution >= 0.6 is 0 Å². The van der Waals surface area contributed by atoms with E-state index in [0.717, 1.165) is 13.0 Å². The Bertz CT molecular complexity index is 292. The molecule has 0 radical (unpaired) electrons. The number of hydrogen-bond donors (Lipinski definition) is 1. The van der Waals surface area contributed by atoms with Crippen molar-refractivity contribution in [2.45, 2.75) is 25.9 Å². The molecule has 96 valence electrons. The lowest BCUT2D eigenvalue weighted by atomic mass is 10.4. The van der Waals surface area contributed by atoms with E-state index in [1.165, 1.54) is 0 Å². The quantitative estimate of drug-likeness (QED) is 0.700. The standard InChI is InChI=1S/C10H22N2O3S/c1-10-9-12(6-4-7-15-10)16(13,14)8-3-5-11-2/h10-11H,3-9H2,1-2H3. The Morgan fingerprint density at radius 2 is 2.25 bits per heavy atom. The van der Waals surface area contributed by atoms with Gasteiger partial charge in [0, 0.05) is 19.7 Å². The summed E-state index contributed by atoms with van der Waals surface area (Å²) in [5, 5.41) is 2.96. The van der Waals surface area contributed by atoms with Gasteiger partial charge in [0.1, 0.15) is 0 Å². The van der Waals surface area contributed by atoms with Gasteiger partial charge in [0.05, 0.1) is 11.9 Å². The van der Waals surface area contributed by atoms with Crippen LogP contribution in [0.3, 0.4) is 0 Å². The van der Waals surface area contributed by atoms with E-state index in [9.17, 15) is 8.42 Å². The zero-order valence-corrected chi connectivity index (χ0v) is 10.9. The van der Waals surface area contributed by atoms with Crippen molar-refractivity contribution in [2.24, 2.45) is 0 Å². The SMILES string of the molecule is CNCCCS(=O)(=O)N1CCCOC(C)C1. The highest BCUT2D eigenvalue weighted by atomic mass is 32.2. The van der Waals surface area contributed by atoms with Crippen LogP contribution in [0.15, 0.2) is 0 Å². The lowest BCUT2D eigenvalue weighted by Crippen LogP contribution is -2.37. The Labute approximate surface area is 98.2 Å². The summed E-state index contributed by atoms with van der Waals surface area (Å²) in [6, 6.07) is 0. The predicted octanol–water partition coefficient (Wildman–Crippen LogP) is 0.0365. The number of rotatable bonds is 5. The molecule has 0 aliphatic carbocycles. The number of sulfonamides is 1. The summed E-state index contributed by atoms with van der Waals surface area (Å²) in [6.45, 7) is 4.39. The van der Waals surface area contributed by atoms with E-state index >= 15 is 0 Å². The number of nitrogens with one attached hydrogen (secondary N) is 1. The normalized spacial score (nSPS) is 24.2. The molecule has 1 heterocycles. The Morgan fingerprint density at radius 3 is 2.94 bits per heavy atom. The molecule has 0 bridgehead atoms. The fraction of sp³-hybridized carbons (Fsp3) is 1.00. The van der Waals surface area contributed by atoms with Crippen molar-refractivity contribution in [3.8, 4) is 0 Å². The van der Waals surface area contributed by atoms with E-state index in [4.69, 9.17) is 4.74 Å². The van der Waals surface area contributed by atoms with Crippen molar-refractivity contribution in [3.63, 3.8) is 0 Å². The zero-order chi connectivity index (χ0) is 12.0. The van der Waals surface area contributed by atoms with Crippen molar-refractivity contribution in [2.75, 3.05) is 39.0 Å². The number of hydrogen-bond acceptors (Lipinski definition) is 4. The molecule has 0 amide bonds. The van der Waals surface area contributed by atoms with Gasteiger partial charge in [-0.25, -0.2) is 8.42 Å². The summed E-state index contributed by atoms with van der Waals surface area (Å²) in [6.07, 6.45) is 1.45. The fourth-order valence-corrected chi connectivity index (χ4v) is 3.38. The highest BCUT2D eigenvalue weighted by Crippen LogP contribution is 2.11. The van der Waals surface area contributed by atoms with Crippen LogP contribution in [0.4, 0.5) is 0 Å². The van der Waals surface area contributed by atoms with Crippen LogP contribution in [0, 0.1) is 0 Å². The number of ether oxygens (including phenoxy) is 1. The maximum Gasteiger partial charge on any atom is 0.214 e. The summed E-state index contributed by atoms with van der Waals surface area (Å²) in [4.78, 5) is 0. The molecule has 1 aliphatic heterocycles. The molecule has 1 unspecified atom stereocenters. The van der Waals surface area contributed by atoms with Crippen LogP contribution in [0.1, 0.15) is 19.8 Å². The highest BCUT2D eigenvalue weighted by molar-refractivity contribution is 7.89. The van der Waals surface area contributed by atoms with Crippen LogP contribution < -0.4 is 5.32 Å². The van der Waals surface area contributed by atoms with Crippen LogP contribution in [-0.2, 0) is 14.8 Å². The average molecular weight is 250 g/mol. The molecular weight excluding hydrogens is 228 g/mol. The first-order chi connectivity index (χ1) is 7.56. The molecule has 6 heteroatoms. The van der Waals surface area contributed by atoms with Crippen molar-refractivity contribution >= 4 is 10.0 Å². The molecule has 0 aromatic heterocycles. The number of nitrogens with zero attached hydrogens (tertiary/aromatic N) is 1. The van der Waals surface area contributed by atoms with Gasteiger partial charge in [-0.3, -0.25) is 0 Å². The van der Waals surface area contributed by atoms with Gasteiger partial charge < -0.3 is 10.1 Å². The molecule has 1 aliphatic rings. The molecule has 16 heavy (non-hydrogen) atoms. The summed E-state index contributed by atoms with van der Waals surface area (Å²) >= 11 is 0. The second kappa shape index (κ2) is 6.54. The molecule has 0 saturated carbocycles. The fourth-order valence-electron chi connectivity index (χ4n) is 1.77. The van der Waals surface area contributed by atoms with Crippen LogP contribution in [0.5, 0.6) is 0 Å².